The highest BCUT2D eigenvalue weighted by Gasteiger charge is 2.24. The second kappa shape index (κ2) is 5.59. The molecule has 1 aromatic carbocycles. The van der Waals surface area contributed by atoms with E-state index in [0.29, 0.717) is 12.8 Å². The van der Waals surface area contributed by atoms with Crippen LogP contribution in [0.2, 0.25) is 5.02 Å². The maximum atomic E-state index is 6.45. The molecule has 2 aliphatic heterocycles. The Balaban J connectivity index is 1.91. The van der Waals surface area contributed by atoms with Gasteiger partial charge in [0.1, 0.15) is 0 Å². The van der Waals surface area contributed by atoms with Crippen molar-refractivity contribution in [3.05, 3.63) is 22.2 Å². The SMILES string of the molecule is CCc1c(CC2CCCCN2)c(Cl)cc2c1OCO2. The molecule has 1 saturated heterocycles. The summed E-state index contributed by atoms with van der Waals surface area (Å²) in [7, 11) is 0. The summed E-state index contributed by atoms with van der Waals surface area (Å²) in [6.45, 7) is 3.57. The van der Waals surface area contributed by atoms with Gasteiger partial charge in [-0.3, -0.25) is 0 Å². The molecule has 1 fully saturated rings. The molecule has 1 aromatic rings. The molecule has 0 aliphatic carbocycles. The van der Waals surface area contributed by atoms with Crippen LogP contribution in [-0.4, -0.2) is 19.4 Å². The van der Waals surface area contributed by atoms with Gasteiger partial charge in [0, 0.05) is 22.7 Å². The van der Waals surface area contributed by atoms with Crippen LogP contribution < -0.4 is 14.8 Å². The number of ether oxygens (including phenoxy) is 2. The van der Waals surface area contributed by atoms with Crippen molar-refractivity contribution in [1.29, 1.82) is 0 Å². The van der Waals surface area contributed by atoms with Crippen molar-refractivity contribution in [3.63, 3.8) is 0 Å². The molecule has 0 spiro atoms. The Labute approximate surface area is 119 Å². The lowest BCUT2D eigenvalue weighted by Gasteiger charge is -2.25. The fourth-order valence-electron chi connectivity index (χ4n) is 3.05. The Hall–Kier alpha value is -0.930. The van der Waals surface area contributed by atoms with Crippen LogP contribution >= 0.6 is 11.6 Å². The Kier molecular flexibility index (Phi) is 3.85. The van der Waals surface area contributed by atoms with E-state index >= 15 is 0 Å². The van der Waals surface area contributed by atoms with E-state index in [2.05, 4.69) is 12.2 Å². The highest BCUT2D eigenvalue weighted by molar-refractivity contribution is 6.31. The normalized spacial score (nSPS) is 21.7. The van der Waals surface area contributed by atoms with Crippen LogP contribution in [0.5, 0.6) is 11.5 Å². The number of hydrogen-bond donors (Lipinski definition) is 1. The first-order valence-electron chi connectivity index (χ1n) is 7.12. The second-order valence-corrected chi connectivity index (χ2v) is 5.66. The highest BCUT2D eigenvalue weighted by Crippen LogP contribution is 2.42. The first-order chi connectivity index (χ1) is 9.29. The topological polar surface area (TPSA) is 30.5 Å². The summed E-state index contributed by atoms with van der Waals surface area (Å²) in [6, 6.07) is 2.44. The summed E-state index contributed by atoms with van der Waals surface area (Å²) in [6.07, 6.45) is 5.73. The van der Waals surface area contributed by atoms with Gasteiger partial charge in [0.15, 0.2) is 11.5 Å². The Bertz CT molecular complexity index is 470. The zero-order valence-corrected chi connectivity index (χ0v) is 12.1. The average Bonchev–Trinajstić information content (AvgIpc) is 2.88. The van der Waals surface area contributed by atoms with Crippen molar-refractivity contribution in [2.45, 2.75) is 45.1 Å². The molecule has 19 heavy (non-hydrogen) atoms. The van der Waals surface area contributed by atoms with Crippen molar-refractivity contribution < 1.29 is 9.47 Å². The lowest BCUT2D eigenvalue weighted by Crippen LogP contribution is -2.35. The minimum atomic E-state index is 0.309. The van der Waals surface area contributed by atoms with Crippen molar-refractivity contribution in [2.75, 3.05) is 13.3 Å². The van der Waals surface area contributed by atoms with E-state index in [0.717, 1.165) is 35.9 Å². The van der Waals surface area contributed by atoms with Gasteiger partial charge in [-0.2, -0.15) is 0 Å². The van der Waals surface area contributed by atoms with E-state index in [1.54, 1.807) is 0 Å². The van der Waals surface area contributed by atoms with Crippen LogP contribution in [0.3, 0.4) is 0 Å². The fourth-order valence-corrected chi connectivity index (χ4v) is 3.34. The lowest BCUT2D eigenvalue weighted by molar-refractivity contribution is 0.173. The zero-order valence-electron chi connectivity index (χ0n) is 11.3. The zero-order chi connectivity index (χ0) is 13.2. The maximum Gasteiger partial charge on any atom is 0.231 e. The maximum absolute atomic E-state index is 6.45. The first-order valence-corrected chi connectivity index (χ1v) is 7.50. The smallest absolute Gasteiger partial charge is 0.231 e. The van der Waals surface area contributed by atoms with Crippen molar-refractivity contribution >= 4 is 11.6 Å². The molecule has 1 N–H and O–H groups in total. The number of halogens is 1. The number of fused-ring (bicyclic) bond motifs is 1. The van der Waals surface area contributed by atoms with Gasteiger partial charge < -0.3 is 14.8 Å². The van der Waals surface area contributed by atoms with Gasteiger partial charge in [0.05, 0.1) is 0 Å². The molecule has 2 heterocycles. The van der Waals surface area contributed by atoms with E-state index in [-0.39, 0.29) is 0 Å². The minimum absolute atomic E-state index is 0.309. The van der Waals surface area contributed by atoms with Crippen molar-refractivity contribution in [2.24, 2.45) is 0 Å². The molecular formula is C15H20ClNO2. The summed E-state index contributed by atoms with van der Waals surface area (Å²) in [4.78, 5) is 0. The van der Waals surface area contributed by atoms with E-state index in [9.17, 15) is 0 Å². The van der Waals surface area contributed by atoms with Crippen LogP contribution in [0.15, 0.2) is 6.07 Å². The van der Waals surface area contributed by atoms with Crippen LogP contribution in [0.1, 0.15) is 37.3 Å². The molecule has 1 unspecified atom stereocenters. The number of rotatable bonds is 3. The molecule has 2 aliphatic rings. The predicted octanol–water partition coefficient (Wildman–Crippen LogP) is 3.32. The predicted molar refractivity (Wildman–Crippen MR) is 76.3 cm³/mol. The van der Waals surface area contributed by atoms with Gasteiger partial charge in [0.2, 0.25) is 6.79 Å². The van der Waals surface area contributed by atoms with E-state index in [1.165, 1.54) is 30.4 Å². The molecule has 0 radical (unpaired) electrons. The molecule has 0 bridgehead atoms. The van der Waals surface area contributed by atoms with Gasteiger partial charge in [-0.15, -0.1) is 0 Å². The van der Waals surface area contributed by atoms with E-state index in [4.69, 9.17) is 21.1 Å². The number of hydrogen-bond acceptors (Lipinski definition) is 3. The Morgan fingerprint density at radius 1 is 1.32 bits per heavy atom. The summed E-state index contributed by atoms with van der Waals surface area (Å²) in [5.41, 5.74) is 2.44. The number of benzene rings is 1. The Morgan fingerprint density at radius 3 is 2.95 bits per heavy atom. The summed E-state index contributed by atoms with van der Waals surface area (Å²) >= 11 is 6.45. The summed E-state index contributed by atoms with van der Waals surface area (Å²) < 4.78 is 11.0. The average molecular weight is 282 g/mol. The molecule has 4 heteroatoms. The van der Waals surface area contributed by atoms with Gasteiger partial charge in [-0.1, -0.05) is 24.9 Å². The lowest BCUT2D eigenvalue weighted by atomic mass is 9.93. The molecule has 0 saturated carbocycles. The van der Waals surface area contributed by atoms with Crippen LogP contribution in [0.4, 0.5) is 0 Å². The first kappa shape index (κ1) is 13.1. The molecular weight excluding hydrogens is 262 g/mol. The minimum Gasteiger partial charge on any atom is -0.454 e. The van der Waals surface area contributed by atoms with Gasteiger partial charge in [-0.05, 0) is 37.8 Å². The largest absolute Gasteiger partial charge is 0.454 e. The number of nitrogens with one attached hydrogen (secondary N) is 1. The highest BCUT2D eigenvalue weighted by atomic mass is 35.5. The van der Waals surface area contributed by atoms with Gasteiger partial charge in [0.25, 0.3) is 0 Å². The van der Waals surface area contributed by atoms with Crippen LogP contribution in [0.25, 0.3) is 0 Å². The molecule has 3 nitrogen and oxygen atoms in total. The quantitative estimate of drug-likeness (QED) is 0.922. The molecule has 3 rings (SSSR count). The summed E-state index contributed by atoms with van der Waals surface area (Å²) in [5, 5.41) is 4.40. The van der Waals surface area contributed by atoms with Crippen molar-refractivity contribution in [1.82, 2.24) is 5.32 Å². The monoisotopic (exact) mass is 281 g/mol. The Morgan fingerprint density at radius 2 is 2.21 bits per heavy atom. The standard InChI is InChI=1S/C15H20ClNO2/c1-2-11-12(7-10-5-3-4-6-17-10)13(16)8-14-15(11)19-9-18-14/h8,10,17H,2-7,9H2,1H3. The third-order valence-corrected chi connectivity index (χ3v) is 4.38. The molecule has 0 aromatic heterocycles. The third-order valence-electron chi connectivity index (χ3n) is 4.04. The molecule has 0 amide bonds. The van der Waals surface area contributed by atoms with Crippen LogP contribution in [0, 0.1) is 0 Å². The second-order valence-electron chi connectivity index (χ2n) is 5.25. The van der Waals surface area contributed by atoms with Crippen molar-refractivity contribution in [3.8, 4) is 11.5 Å². The summed E-state index contributed by atoms with van der Waals surface area (Å²) in [5.74, 6) is 1.69. The van der Waals surface area contributed by atoms with Crippen LogP contribution in [-0.2, 0) is 12.8 Å². The fraction of sp³-hybridized carbons (Fsp3) is 0.600. The third kappa shape index (κ3) is 2.54. The van der Waals surface area contributed by atoms with E-state index < -0.39 is 0 Å². The van der Waals surface area contributed by atoms with Gasteiger partial charge in [-0.25, -0.2) is 0 Å². The molecule has 104 valence electrons. The van der Waals surface area contributed by atoms with E-state index in [1.807, 2.05) is 6.07 Å². The number of piperidine rings is 1. The molecule has 1 atom stereocenters. The van der Waals surface area contributed by atoms with Gasteiger partial charge >= 0.3 is 0 Å².